The first-order valence-corrected chi connectivity index (χ1v) is 6.18. The monoisotopic (exact) mass is 249 g/mol. The molecular formula is C13H19N3O2. The molecule has 5 heteroatoms. The van der Waals surface area contributed by atoms with E-state index in [1.807, 2.05) is 12.1 Å². The van der Waals surface area contributed by atoms with Crippen LogP contribution in [0.15, 0.2) is 24.3 Å². The fourth-order valence-corrected chi connectivity index (χ4v) is 2.26. The predicted octanol–water partition coefficient (Wildman–Crippen LogP) is 0.597. The smallest absolute Gasteiger partial charge is 0.234 e. The number of benzene rings is 1. The van der Waals surface area contributed by atoms with Gasteiger partial charge in [0.25, 0.3) is 0 Å². The van der Waals surface area contributed by atoms with Crippen LogP contribution < -0.4 is 16.2 Å². The van der Waals surface area contributed by atoms with Crippen LogP contribution in [0.25, 0.3) is 0 Å². The van der Waals surface area contributed by atoms with Crippen molar-refractivity contribution in [3.8, 4) is 5.75 Å². The van der Waals surface area contributed by atoms with Crippen LogP contribution in [-0.4, -0.2) is 36.5 Å². The lowest BCUT2D eigenvalue weighted by molar-refractivity contribution is -0.122. The summed E-state index contributed by atoms with van der Waals surface area (Å²) in [6.07, 6.45) is 1.88. The first-order chi connectivity index (χ1) is 8.66. The largest absolute Gasteiger partial charge is 0.492 e. The number of nitrogens with two attached hydrogens (primary N) is 2. The van der Waals surface area contributed by atoms with Gasteiger partial charge in [-0.05, 0) is 43.7 Å². The molecule has 1 unspecified atom stereocenters. The summed E-state index contributed by atoms with van der Waals surface area (Å²) < 4.78 is 5.60. The standard InChI is InChI=1S/C13H19N3O2/c14-10-3-5-11(6-4-10)18-9-8-16-7-1-2-12(16)13(15)17/h3-6,12H,1-2,7-9,14H2,(H2,15,17). The van der Waals surface area contributed by atoms with Crippen LogP contribution in [0.3, 0.4) is 0 Å². The van der Waals surface area contributed by atoms with E-state index < -0.39 is 0 Å². The van der Waals surface area contributed by atoms with Gasteiger partial charge in [0.1, 0.15) is 12.4 Å². The minimum atomic E-state index is -0.236. The van der Waals surface area contributed by atoms with E-state index in [0.29, 0.717) is 6.61 Å². The molecule has 0 radical (unpaired) electrons. The molecule has 1 aliphatic heterocycles. The molecule has 18 heavy (non-hydrogen) atoms. The highest BCUT2D eigenvalue weighted by atomic mass is 16.5. The number of primary amides is 1. The van der Waals surface area contributed by atoms with Crippen LogP contribution in [0.1, 0.15) is 12.8 Å². The van der Waals surface area contributed by atoms with Gasteiger partial charge in [-0.3, -0.25) is 9.69 Å². The maximum atomic E-state index is 11.2. The first kappa shape index (κ1) is 12.7. The third-order valence-electron chi connectivity index (χ3n) is 3.22. The SMILES string of the molecule is NC(=O)C1CCCN1CCOc1ccc(N)cc1. The second-order valence-electron chi connectivity index (χ2n) is 4.51. The Morgan fingerprint density at radius 2 is 2.11 bits per heavy atom. The molecule has 0 aromatic heterocycles. The van der Waals surface area contributed by atoms with Gasteiger partial charge < -0.3 is 16.2 Å². The number of carbonyl (C=O) groups is 1. The average molecular weight is 249 g/mol. The maximum absolute atomic E-state index is 11.2. The molecule has 0 saturated carbocycles. The van der Waals surface area contributed by atoms with Crippen LogP contribution in [0, 0.1) is 0 Å². The van der Waals surface area contributed by atoms with E-state index in [0.717, 1.165) is 37.4 Å². The Labute approximate surface area is 107 Å². The molecule has 1 heterocycles. The summed E-state index contributed by atoms with van der Waals surface area (Å²) >= 11 is 0. The van der Waals surface area contributed by atoms with E-state index in [2.05, 4.69) is 4.90 Å². The summed E-state index contributed by atoms with van der Waals surface area (Å²) in [6, 6.07) is 7.16. The Balaban J connectivity index is 1.78. The highest BCUT2D eigenvalue weighted by Crippen LogP contribution is 2.17. The summed E-state index contributed by atoms with van der Waals surface area (Å²) in [7, 11) is 0. The maximum Gasteiger partial charge on any atom is 0.234 e. The highest BCUT2D eigenvalue weighted by molar-refractivity contribution is 5.80. The number of ether oxygens (including phenoxy) is 1. The number of nitrogen functional groups attached to an aromatic ring is 1. The summed E-state index contributed by atoms with van der Waals surface area (Å²) in [6.45, 7) is 2.18. The Hall–Kier alpha value is -1.75. The number of nitrogens with zero attached hydrogens (tertiary/aromatic N) is 1. The number of hydrogen-bond acceptors (Lipinski definition) is 4. The summed E-state index contributed by atoms with van der Waals surface area (Å²) in [4.78, 5) is 13.3. The molecule has 1 aliphatic rings. The Kier molecular flexibility index (Phi) is 4.04. The van der Waals surface area contributed by atoms with E-state index in [9.17, 15) is 4.79 Å². The van der Waals surface area contributed by atoms with Crippen molar-refractivity contribution in [2.75, 3.05) is 25.4 Å². The van der Waals surface area contributed by atoms with Gasteiger partial charge in [-0.15, -0.1) is 0 Å². The zero-order valence-electron chi connectivity index (χ0n) is 10.3. The molecule has 0 spiro atoms. The van der Waals surface area contributed by atoms with Crippen molar-refractivity contribution >= 4 is 11.6 Å². The van der Waals surface area contributed by atoms with Crippen molar-refractivity contribution in [3.63, 3.8) is 0 Å². The molecule has 98 valence electrons. The quantitative estimate of drug-likeness (QED) is 0.749. The van der Waals surface area contributed by atoms with Crippen molar-refractivity contribution in [3.05, 3.63) is 24.3 Å². The van der Waals surface area contributed by atoms with E-state index in [1.54, 1.807) is 12.1 Å². The first-order valence-electron chi connectivity index (χ1n) is 6.18. The summed E-state index contributed by atoms with van der Waals surface area (Å²) in [5, 5.41) is 0. The van der Waals surface area contributed by atoms with Gasteiger partial charge >= 0.3 is 0 Å². The van der Waals surface area contributed by atoms with Crippen LogP contribution in [-0.2, 0) is 4.79 Å². The molecule has 1 amide bonds. The number of hydrogen-bond donors (Lipinski definition) is 2. The van der Waals surface area contributed by atoms with Gasteiger partial charge in [-0.2, -0.15) is 0 Å². The highest BCUT2D eigenvalue weighted by Gasteiger charge is 2.28. The topological polar surface area (TPSA) is 81.6 Å². The molecule has 1 saturated heterocycles. The second kappa shape index (κ2) is 5.73. The number of amides is 1. The van der Waals surface area contributed by atoms with E-state index >= 15 is 0 Å². The molecule has 5 nitrogen and oxygen atoms in total. The summed E-state index contributed by atoms with van der Waals surface area (Å²) in [5.41, 5.74) is 11.7. The zero-order chi connectivity index (χ0) is 13.0. The number of anilines is 1. The van der Waals surface area contributed by atoms with Gasteiger partial charge in [-0.25, -0.2) is 0 Å². The van der Waals surface area contributed by atoms with Gasteiger partial charge in [-0.1, -0.05) is 0 Å². The van der Waals surface area contributed by atoms with E-state index in [1.165, 1.54) is 0 Å². The Bertz CT molecular complexity index is 405. The molecule has 1 fully saturated rings. The fourth-order valence-electron chi connectivity index (χ4n) is 2.26. The molecule has 1 aromatic carbocycles. The predicted molar refractivity (Wildman–Crippen MR) is 70.1 cm³/mol. The average Bonchev–Trinajstić information content (AvgIpc) is 2.80. The second-order valence-corrected chi connectivity index (χ2v) is 4.51. The van der Waals surface area contributed by atoms with Crippen LogP contribution in [0.2, 0.25) is 0 Å². The molecular weight excluding hydrogens is 230 g/mol. The number of likely N-dealkylation sites (tertiary alicyclic amines) is 1. The van der Waals surface area contributed by atoms with Gasteiger partial charge in [0, 0.05) is 12.2 Å². The van der Waals surface area contributed by atoms with Crippen molar-refractivity contribution in [2.45, 2.75) is 18.9 Å². The lowest BCUT2D eigenvalue weighted by atomic mass is 10.2. The minimum absolute atomic E-state index is 0.125. The molecule has 0 aliphatic carbocycles. The Morgan fingerprint density at radius 1 is 1.39 bits per heavy atom. The summed E-state index contributed by atoms with van der Waals surface area (Å²) in [5.74, 6) is 0.555. The van der Waals surface area contributed by atoms with Crippen LogP contribution in [0.4, 0.5) is 5.69 Å². The molecule has 0 bridgehead atoms. The number of rotatable bonds is 5. The third kappa shape index (κ3) is 3.13. The lowest BCUT2D eigenvalue weighted by Gasteiger charge is -2.21. The molecule has 1 atom stereocenters. The fraction of sp³-hybridized carbons (Fsp3) is 0.462. The third-order valence-corrected chi connectivity index (χ3v) is 3.22. The zero-order valence-corrected chi connectivity index (χ0v) is 10.3. The van der Waals surface area contributed by atoms with Crippen molar-refractivity contribution < 1.29 is 9.53 Å². The Morgan fingerprint density at radius 3 is 2.78 bits per heavy atom. The van der Waals surface area contributed by atoms with Gasteiger partial charge in [0.05, 0.1) is 6.04 Å². The van der Waals surface area contributed by atoms with Gasteiger partial charge in [0.2, 0.25) is 5.91 Å². The van der Waals surface area contributed by atoms with Crippen molar-refractivity contribution in [2.24, 2.45) is 5.73 Å². The number of carbonyl (C=O) groups excluding carboxylic acids is 1. The lowest BCUT2D eigenvalue weighted by Crippen LogP contribution is -2.42. The van der Waals surface area contributed by atoms with Crippen molar-refractivity contribution in [1.29, 1.82) is 0 Å². The molecule has 4 N–H and O–H groups in total. The minimum Gasteiger partial charge on any atom is -0.492 e. The molecule has 2 rings (SSSR count). The molecule has 1 aromatic rings. The van der Waals surface area contributed by atoms with Gasteiger partial charge in [0.15, 0.2) is 0 Å². The van der Waals surface area contributed by atoms with Crippen LogP contribution in [0.5, 0.6) is 5.75 Å². The van der Waals surface area contributed by atoms with Crippen LogP contribution >= 0.6 is 0 Å². The van der Waals surface area contributed by atoms with Crippen molar-refractivity contribution in [1.82, 2.24) is 4.90 Å². The van der Waals surface area contributed by atoms with E-state index in [-0.39, 0.29) is 11.9 Å². The van der Waals surface area contributed by atoms with E-state index in [4.69, 9.17) is 16.2 Å². The normalized spacial score (nSPS) is 19.9.